The zero-order valence-electron chi connectivity index (χ0n) is 19.4. The maximum absolute atomic E-state index is 12.9. The molecule has 2 aromatic rings. The van der Waals surface area contributed by atoms with E-state index in [0.717, 1.165) is 19.3 Å². The molecule has 1 N–H and O–H groups in total. The van der Waals surface area contributed by atoms with Crippen LogP contribution in [-0.2, 0) is 14.8 Å². The number of likely N-dealkylation sites (tertiary alicyclic amines) is 1. The first-order chi connectivity index (χ1) is 15.8. The van der Waals surface area contributed by atoms with Crippen LogP contribution in [0.5, 0.6) is 0 Å². The Morgan fingerprint density at radius 2 is 1.64 bits per heavy atom. The standard InChI is InChI=1S/C25H33N3O4S/c1-3-4-8-17-26-24(29)20-15-18-28(19-16-20)25(30)21-11-13-23(14-12-21)33(31,32)27(2)22-9-6-5-7-10-22/h5-7,9-14,20H,3-4,8,15-19H2,1-2H3,(H,26,29). The second-order valence-electron chi connectivity index (χ2n) is 8.40. The molecule has 0 unspecified atom stereocenters. The molecule has 33 heavy (non-hydrogen) atoms. The largest absolute Gasteiger partial charge is 0.356 e. The van der Waals surface area contributed by atoms with Gasteiger partial charge in [-0.1, -0.05) is 38.0 Å². The number of carbonyl (C=O) groups is 2. The molecule has 0 atom stereocenters. The van der Waals surface area contributed by atoms with Crippen molar-refractivity contribution < 1.29 is 18.0 Å². The lowest BCUT2D eigenvalue weighted by molar-refractivity contribution is -0.126. The second-order valence-corrected chi connectivity index (χ2v) is 10.4. The molecule has 0 aliphatic carbocycles. The Bertz CT molecular complexity index is 1030. The summed E-state index contributed by atoms with van der Waals surface area (Å²) in [6, 6.07) is 14.9. The molecule has 2 amide bonds. The minimum absolute atomic E-state index is 0.0586. The fourth-order valence-corrected chi connectivity index (χ4v) is 5.16. The van der Waals surface area contributed by atoms with Crippen LogP contribution in [0.1, 0.15) is 49.4 Å². The first-order valence-corrected chi connectivity index (χ1v) is 13.0. The number of carbonyl (C=O) groups excluding carboxylic acids is 2. The summed E-state index contributed by atoms with van der Waals surface area (Å²) in [5.41, 5.74) is 1.01. The molecule has 178 valence electrons. The smallest absolute Gasteiger partial charge is 0.264 e. The number of hydrogen-bond donors (Lipinski definition) is 1. The number of para-hydroxylation sites is 1. The highest BCUT2D eigenvalue weighted by Gasteiger charge is 2.28. The maximum atomic E-state index is 12.9. The first kappa shape index (κ1) is 24.8. The molecule has 1 fully saturated rings. The van der Waals surface area contributed by atoms with Crippen molar-refractivity contribution in [2.75, 3.05) is 31.0 Å². The molecule has 3 rings (SSSR count). The summed E-state index contributed by atoms with van der Waals surface area (Å²) < 4.78 is 27.1. The Balaban J connectivity index is 1.57. The molecule has 1 heterocycles. The van der Waals surface area contributed by atoms with Gasteiger partial charge in [0.2, 0.25) is 5.91 Å². The molecule has 0 saturated carbocycles. The van der Waals surface area contributed by atoms with Crippen molar-refractivity contribution in [3.8, 4) is 0 Å². The van der Waals surface area contributed by atoms with E-state index in [0.29, 0.717) is 43.7 Å². The van der Waals surface area contributed by atoms with Crippen LogP contribution in [0.4, 0.5) is 5.69 Å². The van der Waals surface area contributed by atoms with Crippen LogP contribution >= 0.6 is 0 Å². The van der Waals surface area contributed by atoms with Crippen LogP contribution < -0.4 is 9.62 Å². The summed E-state index contributed by atoms with van der Waals surface area (Å²) in [6.07, 6.45) is 4.49. The number of nitrogens with zero attached hydrogens (tertiary/aromatic N) is 2. The number of hydrogen-bond acceptors (Lipinski definition) is 4. The molecule has 7 nitrogen and oxygen atoms in total. The van der Waals surface area contributed by atoms with Crippen LogP contribution in [-0.4, -0.2) is 51.8 Å². The van der Waals surface area contributed by atoms with Gasteiger partial charge in [0.15, 0.2) is 0 Å². The Kier molecular flexibility index (Phi) is 8.49. The molecular formula is C25H33N3O4S. The van der Waals surface area contributed by atoms with Gasteiger partial charge in [-0.05, 0) is 55.7 Å². The van der Waals surface area contributed by atoms with Crippen molar-refractivity contribution >= 4 is 27.5 Å². The number of benzene rings is 2. The van der Waals surface area contributed by atoms with E-state index in [1.165, 1.54) is 23.5 Å². The Morgan fingerprint density at radius 1 is 1.00 bits per heavy atom. The van der Waals surface area contributed by atoms with Gasteiger partial charge in [0.1, 0.15) is 0 Å². The zero-order valence-corrected chi connectivity index (χ0v) is 20.2. The SMILES string of the molecule is CCCCCNC(=O)C1CCN(C(=O)c2ccc(S(=O)(=O)N(C)c3ccccc3)cc2)CC1. The van der Waals surface area contributed by atoms with Crippen LogP contribution in [0.3, 0.4) is 0 Å². The van der Waals surface area contributed by atoms with Crippen molar-refractivity contribution in [1.82, 2.24) is 10.2 Å². The van der Waals surface area contributed by atoms with Gasteiger partial charge in [-0.15, -0.1) is 0 Å². The summed E-state index contributed by atoms with van der Waals surface area (Å²) >= 11 is 0. The number of amides is 2. The van der Waals surface area contributed by atoms with Crippen LogP contribution in [0, 0.1) is 5.92 Å². The van der Waals surface area contributed by atoms with Gasteiger partial charge in [-0.25, -0.2) is 8.42 Å². The minimum atomic E-state index is -3.72. The zero-order chi connectivity index (χ0) is 23.8. The van der Waals surface area contributed by atoms with Gasteiger partial charge < -0.3 is 10.2 Å². The molecule has 1 aliphatic heterocycles. The molecule has 8 heteroatoms. The summed E-state index contributed by atoms with van der Waals surface area (Å²) in [5, 5.41) is 3.00. The monoisotopic (exact) mass is 471 g/mol. The van der Waals surface area contributed by atoms with Crippen molar-refractivity contribution in [2.45, 2.75) is 43.9 Å². The van der Waals surface area contributed by atoms with Gasteiger partial charge in [-0.3, -0.25) is 13.9 Å². The van der Waals surface area contributed by atoms with Gasteiger partial charge >= 0.3 is 0 Å². The number of nitrogens with one attached hydrogen (secondary N) is 1. The van der Waals surface area contributed by atoms with E-state index in [-0.39, 0.29) is 22.6 Å². The predicted octanol–water partition coefficient (Wildman–Crippen LogP) is 3.67. The fourth-order valence-electron chi connectivity index (χ4n) is 3.96. The topological polar surface area (TPSA) is 86.8 Å². The van der Waals surface area contributed by atoms with E-state index in [1.54, 1.807) is 41.3 Å². The fraction of sp³-hybridized carbons (Fsp3) is 0.440. The van der Waals surface area contributed by atoms with E-state index in [1.807, 2.05) is 6.07 Å². The second kappa shape index (κ2) is 11.3. The Labute approximate surface area is 196 Å². The predicted molar refractivity (Wildman–Crippen MR) is 130 cm³/mol. The quantitative estimate of drug-likeness (QED) is 0.566. The number of rotatable bonds is 9. The van der Waals surface area contributed by atoms with Gasteiger partial charge in [0, 0.05) is 38.2 Å². The number of anilines is 1. The van der Waals surface area contributed by atoms with Gasteiger partial charge in [0.05, 0.1) is 10.6 Å². The molecule has 0 spiro atoms. The van der Waals surface area contributed by atoms with Crippen molar-refractivity contribution in [3.63, 3.8) is 0 Å². The number of unbranched alkanes of at least 4 members (excludes halogenated alkanes) is 2. The molecule has 0 radical (unpaired) electrons. The Morgan fingerprint density at radius 3 is 2.24 bits per heavy atom. The van der Waals surface area contributed by atoms with E-state index in [9.17, 15) is 18.0 Å². The first-order valence-electron chi connectivity index (χ1n) is 11.6. The van der Waals surface area contributed by atoms with E-state index < -0.39 is 10.0 Å². The van der Waals surface area contributed by atoms with E-state index in [4.69, 9.17) is 0 Å². The highest BCUT2D eigenvalue weighted by molar-refractivity contribution is 7.92. The van der Waals surface area contributed by atoms with Crippen LogP contribution in [0.2, 0.25) is 0 Å². The number of piperidine rings is 1. The molecule has 1 aliphatic rings. The third kappa shape index (κ3) is 6.13. The normalized spacial score (nSPS) is 14.7. The van der Waals surface area contributed by atoms with E-state index >= 15 is 0 Å². The summed E-state index contributed by atoms with van der Waals surface area (Å²) in [7, 11) is -2.22. The molecule has 0 bridgehead atoms. The minimum Gasteiger partial charge on any atom is -0.356 e. The highest BCUT2D eigenvalue weighted by Crippen LogP contribution is 2.23. The third-order valence-electron chi connectivity index (χ3n) is 6.11. The molecule has 2 aromatic carbocycles. The molecule has 1 saturated heterocycles. The maximum Gasteiger partial charge on any atom is 0.264 e. The summed E-state index contributed by atoms with van der Waals surface area (Å²) in [5.74, 6) is -0.121. The highest BCUT2D eigenvalue weighted by atomic mass is 32.2. The lowest BCUT2D eigenvalue weighted by Gasteiger charge is -2.31. The average Bonchev–Trinajstić information content (AvgIpc) is 2.86. The summed E-state index contributed by atoms with van der Waals surface area (Å²) in [4.78, 5) is 27.1. The van der Waals surface area contributed by atoms with Crippen molar-refractivity contribution in [3.05, 3.63) is 60.2 Å². The van der Waals surface area contributed by atoms with Crippen molar-refractivity contribution in [1.29, 1.82) is 0 Å². The van der Waals surface area contributed by atoms with E-state index in [2.05, 4.69) is 12.2 Å². The lowest BCUT2D eigenvalue weighted by Crippen LogP contribution is -2.43. The average molecular weight is 472 g/mol. The number of sulfonamides is 1. The molecule has 0 aromatic heterocycles. The molecular weight excluding hydrogens is 438 g/mol. The van der Waals surface area contributed by atoms with Gasteiger partial charge in [-0.2, -0.15) is 0 Å². The van der Waals surface area contributed by atoms with Gasteiger partial charge in [0.25, 0.3) is 15.9 Å². The van der Waals surface area contributed by atoms with Crippen LogP contribution in [0.25, 0.3) is 0 Å². The third-order valence-corrected chi connectivity index (χ3v) is 7.91. The van der Waals surface area contributed by atoms with Crippen molar-refractivity contribution in [2.24, 2.45) is 5.92 Å². The summed E-state index contributed by atoms with van der Waals surface area (Å²) in [6.45, 7) is 3.87. The lowest BCUT2D eigenvalue weighted by atomic mass is 9.95. The Hall–Kier alpha value is -2.87. The van der Waals surface area contributed by atoms with Crippen LogP contribution in [0.15, 0.2) is 59.5 Å².